The Balaban J connectivity index is 1.84. The van der Waals surface area contributed by atoms with Crippen molar-refractivity contribution in [1.29, 1.82) is 0 Å². The monoisotopic (exact) mass is 418 g/mol. The molecule has 2 heterocycles. The van der Waals surface area contributed by atoms with E-state index in [2.05, 4.69) is 0 Å². The maximum Gasteiger partial charge on any atom is 0.410 e. The summed E-state index contributed by atoms with van der Waals surface area (Å²) in [4.78, 5) is 13.9. The number of likely N-dealkylation sites (tertiary alicyclic amines) is 1. The molecule has 160 valence electrons. The Morgan fingerprint density at radius 3 is 2.03 bits per heavy atom. The predicted molar refractivity (Wildman–Crippen MR) is 108 cm³/mol. The topological polar surface area (TPSA) is 74.9 Å². The van der Waals surface area contributed by atoms with Crippen LogP contribution in [0.25, 0.3) is 21.8 Å². The summed E-state index contributed by atoms with van der Waals surface area (Å²) >= 11 is 0. The van der Waals surface area contributed by atoms with Crippen LogP contribution in [0.2, 0.25) is 0 Å². The Morgan fingerprint density at radius 2 is 1.53 bits per heavy atom. The molecule has 4 rings (SSSR count). The van der Waals surface area contributed by atoms with Gasteiger partial charge in [-0.2, -0.15) is 0 Å². The molecular weight excluding hydrogens is 394 g/mol. The molecule has 1 unspecified atom stereocenters. The first kappa shape index (κ1) is 20.6. The van der Waals surface area contributed by atoms with Crippen LogP contribution in [0.4, 0.5) is 13.6 Å². The second-order valence-electron chi connectivity index (χ2n) is 8.70. The average Bonchev–Trinajstić information content (AvgIpc) is 2.95. The van der Waals surface area contributed by atoms with Crippen LogP contribution in [-0.4, -0.2) is 56.7 Å². The van der Waals surface area contributed by atoms with Gasteiger partial charge >= 0.3 is 6.09 Å². The Kier molecular flexibility index (Phi) is 4.94. The minimum atomic E-state index is -1.20. The maximum atomic E-state index is 13.9. The third-order valence-corrected chi connectivity index (χ3v) is 5.31. The molecule has 8 heteroatoms. The zero-order valence-corrected chi connectivity index (χ0v) is 17.0. The number of benzene rings is 2. The molecule has 2 N–H and O–H groups in total. The van der Waals surface area contributed by atoms with Crippen molar-refractivity contribution in [2.75, 3.05) is 13.1 Å². The van der Waals surface area contributed by atoms with Crippen molar-refractivity contribution in [3.63, 3.8) is 0 Å². The van der Waals surface area contributed by atoms with Crippen molar-refractivity contribution in [3.05, 3.63) is 48.0 Å². The van der Waals surface area contributed by atoms with Crippen LogP contribution in [0.5, 0.6) is 0 Å². The van der Waals surface area contributed by atoms with Crippen molar-refractivity contribution < 1.29 is 28.5 Å². The number of carbonyl (C=O) groups is 1. The van der Waals surface area contributed by atoms with Crippen molar-refractivity contribution >= 4 is 27.9 Å². The summed E-state index contributed by atoms with van der Waals surface area (Å²) in [7, 11) is 0. The Morgan fingerprint density at radius 1 is 1.00 bits per heavy atom. The number of piperidine rings is 1. The number of aliphatic hydroxyl groups excluding tert-OH is 2. The van der Waals surface area contributed by atoms with Gasteiger partial charge in [0.05, 0.1) is 18.7 Å². The number of aliphatic hydroxyl groups is 2. The third-order valence-electron chi connectivity index (χ3n) is 5.31. The van der Waals surface area contributed by atoms with E-state index >= 15 is 0 Å². The van der Waals surface area contributed by atoms with E-state index in [9.17, 15) is 23.8 Å². The third kappa shape index (κ3) is 3.61. The zero-order chi connectivity index (χ0) is 21.8. The van der Waals surface area contributed by atoms with Gasteiger partial charge in [-0.3, -0.25) is 0 Å². The number of rotatable bonds is 1. The molecule has 1 fully saturated rings. The summed E-state index contributed by atoms with van der Waals surface area (Å²) in [5.41, 5.74) is 0.425. The van der Waals surface area contributed by atoms with Gasteiger partial charge in [0.1, 0.15) is 23.3 Å². The first-order valence-corrected chi connectivity index (χ1v) is 9.78. The highest BCUT2D eigenvalue weighted by Gasteiger charge is 2.40. The maximum absolute atomic E-state index is 13.9. The van der Waals surface area contributed by atoms with Crippen LogP contribution in [0.15, 0.2) is 36.4 Å². The number of fused-ring (bicyclic) bond motifs is 3. The van der Waals surface area contributed by atoms with Crippen molar-refractivity contribution in [2.24, 2.45) is 0 Å². The van der Waals surface area contributed by atoms with E-state index < -0.39 is 41.6 Å². The van der Waals surface area contributed by atoms with E-state index in [1.54, 1.807) is 37.5 Å². The second kappa shape index (κ2) is 7.21. The fourth-order valence-corrected chi connectivity index (χ4v) is 4.06. The molecule has 6 nitrogen and oxygen atoms in total. The predicted octanol–water partition coefficient (Wildman–Crippen LogP) is 3.59. The molecule has 0 bridgehead atoms. The first-order valence-electron chi connectivity index (χ1n) is 9.78. The quantitative estimate of drug-likeness (QED) is 0.634. The Bertz CT molecular complexity index is 1060. The molecular formula is C22H24F2N2O4. The zero-order valence-electron chi connectivity index (χ0n) is 17.0. The molecule has 0 saturated carbocycles. The minimum Gasteiger partial charge on any atom is -0.444 e. The number of hydrogen-bond donors (Lipinski definition) is 2. The van der Waals surface area contributed by atoms with Gasteiger partial charge in [-0.1, -0.05) is 0 Å². The number of carbonyl (C=O) groups excluding carboxylic acids is 1. The number of hydrogen-bond acceptors (Lipinski definition) is 4. The van der Waals surface area contributed by atoms with Crippen LogP contribution < -0.4 is 0 Å². The van der Waals surface area contributed by atoms with Crippen LogP contribution in [0.3, 0.4) is 0 Å². The minimum absolute atomic E-state index is 0.0702. The van der Waals surface area contributed by atoms with Crippen LogP contribution in [0.1, 0.15) is 26.8 Å². The Labute approximate surface area is 172 Å². The van der Waals surface area contributed by atoms with Crippen molar-refractivity contribution in [3.8, 4) is 0 Å². The van der Waals surface area contributed by atoms with Crippen molar-refractivity contribution in [1.82, 2.24) is 9.47 Å². The summed E-state index contributed by atoms with van der Waals surface area (Å²) in [6, 6.07) is 7.55. The fourth-order valence-electron chi connectivity index (χ4n) is 4.06. The van der Waals surface area contributed by atoms with Crippen LogP contribution in [0, 0.1) is 11.6 Å². The lowest BCUT2D eigenvalue weighted by molar-refractivity contribution is -0.0704. The highest BCUT2D eigenvalue weighted by Crippen LogP contribution is 2.36. The molecule has 3 aromatic rings. The van der Waals surface area contributed by atoms with Gasteiger partial charge in [0.25, 0.3) is 0 Å². The number of amides is 1. The van der Waals surface area contributed by atoms with Crippen LogP contribution in [-0.2, 0) is 4.74 Å². The smallest absolute Gasteiger partial charge is 0.410 e. The Hall–Kier alpha value is -2.71. The summed E-state index contributed by atoms with van der Waals surface area (Å²) < 4.78 is 35.0. The largest absolute Gasteiger partial charge is 0.444 e. The van der Waals surface area contributed by atoms with Gasteiger partial charge in [0.15, 0.2) is 0 Å². The molecule has 0 spiro atoms. The number of aromatic nitrogens is 1. The average molecular weight is 418 g/mol. The highest BCUT2D eigenvalue weighted by atomic mass is 19.1. The lowest BCUT2D eigenvalue weighted by atomic mass is 9.99. The lowest BCUT2D eigenvalue weighted by Crippen LogP contribution is -2.55. The molecule has 1 amide bonds. The fraction of sp³-hybridized carbons (Fsp3) is 0.409. The molecule has 1 aromatic heterocycles. The summed E-state index contributed by atoms with van der Waals surface area (Å²) in [6.45, 7) is 5.22. The van der Waals surface area contributed by atoms with Gasteiger partial charge < -0.3 is 24.4 Å². The van der Waals surface area contributed by atoms with Gasteiger partial charge in [-0.25, -0.2) is 13.6 Å². The molecule has 0 radical (unpaired) electrons. The molecule has 30 heavy (non-hydrogen) atoms. The van der Waals surface area contributed by atoms with E-state index in [0.717, 1.165) is 0 Å². The summed E-state index contributed by atoms with van der Waals surface area (Å²) in [5, 5.41) is 22.2. The van der Waals surface area contributed by atoms with Gasteiger partial charge in [0, 0.05) is 28.4 Å². The van der Waals surface area contributed by atoms with E-state index in [0.29, 0.717) is 21.8 Å². The van der Waals surface area contributed by atoms with Gasteiger partial charge in [0.2, 0.25) is 0 Å². The van der Waals surface area contributed by atoms with E-state index in [1.165, 1.54) is 29.2 Å². The first-order chi connectivity index (χ1) is 14.0. The number of β-amino-alcohol motifs (C(OH)–C–C–N with tert-alkyl or cyclic N) is 1. The van der Waals surface area contributed by atoms with E-state index in [4.69, 9.17) is 4.74 Å². The number of nitrogens with zero attached hydrogens (tertiary/aromatic N) is 2. The molecule has 1 aliphatic heterocycles. The molecule has 1 saturated heterocycles. The number of ether oxygens (including phenoxy) is 1. The molecule has 0 aliphatic carbocycles. The van der Waals surface area contributed by atoms with Crippen LogP contribution >= 0.6 is 0 Å². The molecule has 1 aliphatic rings. The normalized spacial score (nSPS) is 22.6. The second-order valence-corrected chi connectivity index (χ2v) is 8.70. The summed E-state index contributed by atoms with van der Waals surface area (Å²) in [5.74, 6) is -0.934. The highest BCUT2D eigenvalue weighted by molar-refractivity contribution is 6.08. The molecule has 2 aromatic carbocycles. The van der Waals surface area contributed by atoms with Gasteiger partial charge in [-0.15, -0.1) is 0 Å². The van der Waals surface area contributed by atoms with E-state index in [1.807, 2.05) is 0 Å². The lowest BCUT2D eigenvalue weighted by Gasteiger charge is -2.40. The molecule has 3 atom stereocenters. The summed E-state index contributed by atoms with van der Waals surface area (Å²) in [6.07, 6.45) is -2.99. The SMILES string of the molecule is CC(C)(C)OC(=O)N1CC(O)[C@H](O)[C@@H](n2c3ccc(F)cc3c3cc(F)ccc32)C1. The van der Waals surface area contributed by atoms with E-state index in [-0.39, 0.29) is 13.1 Å². The van der Waals surface area contributed by atoms with Crippen molar-refractivity contribution in [2.45, 2.75) is 44.6 Å². The standard InChI is InChI=1S/C22H24F2N2O4/c1-22(2,3)30-21(29)25-10-18(20(28)19(27)11-25)26-16-6-4-12(23)8-14(16)15-9-13(24)5-7-17(15)26/h4-9,18-20,27-28H,10-11H2,1-3H3/t18-,19?,20+/m0/s1. The number of halogens is 2. The van der Waals surface area contributed by atoms with Gasteiger partial charge in [-0.05, 0) is 57.2 Å².